The van der Waals surface area contributed by atoms with Gasteiger partial charge in [-0.05, 0) is 11.6 Å². The molecule has 0 fully saturated rings. The third-order valence-electron chi connectivity index (χ3n) is 0. The van der Waals surface area contributed by atoms with Crippen LogP contribution >= 0.6 is 11.6 Å². The summed E-state index contributed by atoms with van der Waals surface area (Å²) in [6.45, 7) is 0. The van der Waals surface area contributed by atoms with Crippen molar-refractivity contribution in [2.45, 2.75) is 0 Å². The Morgan fingerprint density at radius 2 is 1.80 bits per heavy atom. The highest BCUT2D eigenvalue weighted by atomic mass is 35.5. The predicted octanol–water partition coefficient (Wildman–Crippen LogP) is -0.521. The van der Waals surface area contributed by atoms with E-state index in [1.807, 2.05) is 0 Å². The topological polar surface area (TPSA) is 74.6 Å². The molecule has 0 aromatic heterocycles. The number of hydrogen-bond acceptors (Lipinski definition) is 1. The zero-order chi connectivity index (χ0) is 3.58. The van der Waals surface area contributed by atoms with Gasteiger partial charge in [-0.1, -0.05) is 0 Å². The first-order valence-corrected chi connectivity index (χ1v) is 1.06. The van der Waals surface area contributed by atoms with Gasteiger partial charge in [-0.2, -0.15) is 0 Å². The maximum Gasteiger partial charge on any atom is 0.311 e. The van der Waals surface area contributed by atoms with Gasteiger partial charge in [-0.25, -0.2) is 0 Å². The third-order valence-corrected chi connectivity index (χ3v) is 0. The SMILES string of the molecule is NC(=O)Cl.O. The van der Waals surface area contributed by atoms with Crippen LogP contribution in [-0.2, 0) is 0 Å². The molecule has 0 aliphatic rings. The van der Waals surface area contributed by atoms with Crippen LogP contribution in [-0.4, -0.2) is 10.8 Å². The molecule has 0 heterocycles. The van der Waals surface area contributed by atoms with Crippen LogP contribution < -0.4 is 5.73 Å². The van der Waals surface area contributed by atoms with Crippen molar-refractivity contribution in [3.63, 3.8) is 0 Å². The average molecular weight is 97.5 g/mol. The lowest BCUT2D eigenvalue weighted by Gasteiger charge is -1.56. The molecule has 4 heteroatoms. The van der Waals surface area contributed by atoms with Gasteiger partial charge in [0.1, 0.15) is 0 Å². The van der Waals surface area contributed by atoms with E-state index in [-0.39, 0.29) is 5.48 Å². The molecule has 4 N–H and O–H groups in total. The number of carbonyl (C=O) groups is 1. The standard InChI is InChI=1S/CH2ClNO.H2O/c2-1(3)4;/h(H2,3,4);1H2. The second-order valence-electron chi connectivity index (χ2n) is 0.304. The first-order valence-electron chi connectivity index (χ1n) is 0.682. The van der Waals surface area contributed by atoms with Crippen LogP contribution in [0.1, 0.15) is 0 Å². The Kier molecular flexibility index (Phi) is 6.57. The summed E-state index contributed by atoms with van der Waals surface area (Å²) in [5.74, 6) is 0. The van der Waals surface area contributed by atoms with Gasteiger partial charge in [0.2, 0.25) is 0 Å². The lowest BCUT2D eigenvalue weighted by atomic mass is 11.5. The Morgan fingerprint density at radius 3 is 1.80 bits per heavy atom. The number of carbonyl (C=O) groups excluding carboxylic acids is 1. The molecule has 0 aliphatic heterocycles. The molecule has 0 saturated carbocycles. The van der Waals surface area contributed by atoms with E-state index < -0.39 is 5.37 Å². The molecule has 0 aromatic rings. The molecule has 0 radical (unpaired) electrons. The predicted molar refractivity (Wildman–Crippen MR) is 19.1 cm³/mol. The van der Waals surface area contributed by atoms with Gasteiger partial charge in [-0.15, -0.1) is 0 Å². The fourth-order valence-electron chi connectivity index (χ4n) is 0. The van der Waals surface area contributed by atoms with E-state index in [0.717, 1.165) is 0 Å². The number of halogens is 1. The van der Waals surface area contributed by atoms with Crippen molar-refractivity contribution in [3.8, 4) is 0 Å². The smallest absolute Gasteiger partial charge is 0.311 e. The molecule has 3 nitrogen and oxygen atoms in total. The molecule has 0 unspecified atom stereocenters. The summed E-state index contributed by atoms with van der Waals surface area (Å²) in [4.78, 5) is 8.99. The molecule has 0 atom stereocenters. The Labute approximate surface area is 34.0 Å². The summed E-state index contributed by atoms with van der Waals surface area (Å²) in [6.07, 6.45) is 0. The monoisotopic (exact) mass is 97.0 g/mol. The van der Waals surface area contributed by atoms with Crippen molar-refractivity contribution in [3.05, 3.63) is 0 Å². The van der Waals surface area contributed by atoms with Gasteiger partial charge in [0.25, 0.3) is 0 Å². The lowest BCUT2D eigenvalue weighted by molar-refractivity contribution is 0.266. The number of rotatable bonds is 0. The van der Waals surface area contributed by atoms with Crippen molar-refractivity contribution in [1.29, 1.82) is 0 Å². The molecule has 0 rings (SSSR count). The Morgan fingerprint density at radius 1 is 1.80 bits per heavy atom. The van der Waals surface area contributed by atoms with E-state index in [2.05, 4.69) is 17.3 Å². The van der Waals surface area contributed by atoms with Crippen LogP contribution in [0.25, 0.3) is 0 Å². The summed E-state index contributed by atoms with van der Waals surface area (Å²) in [5.41, 5.74) is 4.24. The van der Waals surface area contributed by atoms with Crippen LogP contribution in [0.5, 0.6) is 0 Å². The van der Waals surface area contributed by atoms with Crippen LogP contribution in [0.2, 0.25) is 0 Å². The summed E-state index contributed by atoms with van der Waals surface area (Å²) < 4.78 is 0. The quantitative estimate of drug-likeness (QED) is 0.321. The zero-order valence-electron chi connectivity index (χ0n) is 2.36. The van der Waals surface area contributed by atoms with E-state index >= 15 is 0 Å². The lowest BCUT2D eigenvalue weighted by Crippen LogP contribution is -1.94. The van der Waals surface area contributed by atoms with Gasteiger partial charge in [0.15, 0.2) is 0 Å². The first-order chi connectivity index (χ1) is 1.73. The Bertz CT molecular complexity index is 32.6. The summed E-state index contributed by atoms with van der Waals surface area (Å²) in [5, 5.41) is -0.861. The molecule has 0 aliphatic carbocycles. The highest BCUT2D eigenvalue weighted by molar-refractivity contribution is 6.62. The van der Waals surface area contributed by atoms with Gasteiger partial charge in [-0.3, -0.25) is 4.79 Å². The number of primary amides is 1. The minimum atomic E-state index is -0.861. The highest BCUT2D eigenvalue weighted by Gasteiger charge is 1.66. The fraction of sp³-hybridized carbons (Fsp3) is 0. The summed E-state index contributed by atoms with van der Waals surface area (Å²) >= 11 is 4.41. The molecule has 0 saturated heterocycles. The van der Waals surface area contributed by atoms with E-state index in [1.165, 1.54) is 0 Å². The van der Waals surface area contributed by atoms with Crippen LogP contribution in [0.4, 0.5) is 4.79 Å². The Balaban J connectivity index is 0. The van der Waals surface area contributed by atoms with Gasteiger partial charge in [0.05, 0.1) is 0 Å². The normalized spacial score (nSPS) is 5.00. The van der Waals surface area contributed by atoms with Crippen molar-refractivity contribution < 1.29 is 10.3 Å². The molecule has 0 bridgehead atoms. The second-order valence-corrected chi connectivity index (χ2v) is 0.677. The molecular weight excluding hydrogens is 93.5 g/mol. The molecule has 0 aromatic carbocycles. The van der Waals surface area contributed by atoms with Crippen LogP contribution in [0.15, 0.2) is 0 Å². The maximum atomic E-state index is 8.99. The summed E-state index contributed by atoms with van der Waals surface area (Å²) in [7, 11) is 0. The van der Waals surface area contributed by atoms with E-state index in [9.17, 15) is 0 Å². The number of hydrogen-bond donors (Lipinski definition) is 1. The van der Waals surface area contributed by atoms with Gasteiger partial charge >= 0.3 is 5.37 Å². The van der Waals surface area contributed by atoms with E-state index in [1.54, 1.807) is 0 Å². The van der Waals surface area contributed by atoms with Gasteiger partial charge in [0, 0.05) is 0 Å². The molecule has 1 amide bonds. The minimum absolute atomic E-state index is 0. The largest absolute Gasteiger partial charge is 0.412 e. The number of amides is 1. The average Bonchev–Trinajstić information content (AvgIpc) is 0.811. The molecule has 32 valence electrons. The van der Waals surface area contributed by atoms with E-state index in [0.29, 0.717) is 0 Å². The van der Waals surface area contributed by atoms with Gasteiger partial charge < -0.3 is 11.2 Å². The van der Waals surface area contributed by atoms with Crippen molar-refractivity contribution in [2.24, 2.45) is 5.73 Å². The second kappa shape index (κ2) is 3.72. The van der Waals surface area contributed by atoms with Crippen molar-refractivity contribution >= 4 is 17.0 Å². The zero-order valence-corrected chi connectivity index (χ0v) is 3.12. The molecule has 5 heavy (non-hydrogen) atoms. The fourth-order valence-corrected chi connectivity index (χ4v) is 0. The highest BCUT2D eigenvalue weighted by Crippen LogP contribution is 1.62. The third kappa shape index (κ3) is 140. The van der Waals surface area contributed by atoms with Crippen LogP contribution in [0, 0.1) is 0 Å². The molecular formula is CH4ClNO2. The van der Waals surface area contributed by atoms with Crippen LogP contribution in [0.3, 0.4) is 0 Å². The minimum Gasteiger partial charge on any atom is -0.412 e. The summed E-state index contributed by atoms with van der Waals surface area (Å²) in [6, 6.07) is 0. The van der Waals surface area contributed by atoms with E-state index in [4.69, 9.17) is 4.79 Å². The molecule has 0 spiro atoms. The Hall–Kier alpha value is -0.280. The van der Waals surface area contributed by atoms with Crippen molar-refractivity contribution in [1.82, 2.24) is 0 Å². The van der Waals surface area contributed by atoms with Crippen molar-refractivity contribution in [2.75, 3.05) is 0 Å². The first kappa shape index (κ1) is 8.83. The number of nitrogens with two attached hydrogens (primary N) is 1. The maximum absolute atomic E-state index is 8.99.